The number of carbonyl (C=O) groups is 1. The minimum Gasteiger partial charge on any atom is -0.465 e. The van der Waals surface area contributed by atoms with Gasteiger partial charge in [0.2, 0.25) is 0 Å². The molecule has 1 fully saturated rings. The molecule has 0 aliphatic carbocycles. The summed E-state index contributed by atoms with van der Waals surface area (Å²) in [4.78, 5) is 18.0. The third-order valence-electron chi connectivity index (χ3n) is 4.37. The van der Waals surface area contributed by atoms with E-state index in [-0.39, 0.29) is 5.97 Å². The average molecular weight is 370 g/mol. The maximum atomic E-state index is 12.2. The number of hydrogen-bond acceptors (Lipinski definition) is 5. The number of anilines is 1. The molecule has 1 aliphatic rings. The summed E-state index contributed by atoms with van der Waals surface area (Å²) in [5, 5.41) is 4.79. The molecule has 1 aliphatic heterocycles. The zero-order valence-corrected chi connectivity index (χ0v) is 16.6. The van der Waals surface area contributed by atoms with E-state index in [1.807, 2.05) is 6.92 Å². The summed E-state index contributed by atoms with van der Waals surface area (Å²) in [6.07, 6.45) is 1.98. The van der Waals surface area contributed by atoms with Crippen LogP contribution in [0.1, 0.15) is 41.1 Å². The molecule has 134 valence electrons. The molecule has 1 aromatic heterocycles. The molecule has 2 heterocycles. The standard InChI is InChI=1S/C17H27N3O2S2/c1-5-7-19-8-10-20(11-9-19)17(23)18-15-14(16(21)22-4)13(6-2)12(3)24-15/h5-11H2,1-4H3,(H,18,23). The molecule has 0 aromatic carbocycles. The highest BCUT2D eigenvalue weighted by molar-refractivity contribution is 7.80. The molecular formula is C17H27N3O2S2. The van der Waals surface area contributed by atoms with Crippen molar-refractivity contribution in [2.45, 2.75) is 33.6 Å². The summed E-state index contributed by atoms with van der Waals surface area (Å²) in [5.74, 6) is -0.297. The highest BCUT2D eigenvalue weighted by Gasteiger charge is 2.24. The Morgan fingerprint density at radius 3 is 2.50 bits per heavy atom. The van der Waals surface area contributed by atoms with E-state index in [0.717, 1.165) is 54.6 Å². The monoisotopic (exact) mass is 369 g/mol. The first-order chi connectivity index (χ1) is 11.5. The van der Waals surface area contributed by atoms with Gasteiger partial charge >= 0.3 is 5.97 Å². The second kappa shape index (κ2) is 8.78. The third-order valence-corrected chi connectivity index (χ3v) is 5.80. The van der Waals surface area contributed by atoms with Crippen molar-refractivity contribution in [1.82, 2.24) is 9.80 Å². The summed E-state index contributed by atoms with van der Waals surface area (Å²) >= 11 is 7.16. The van der Waals surface area contributed by atoms with Crippen molar-refractivity contribution in [2.24, 2.45) is 0 Å². The lowest BCUT2D eigenvalue weighted by Crippen LogP contribution is -2.50. The van der Waals surface area contributed by atoms with Gasteiger partial charge in [-0.3, -0.25) is 4.90 Å². The summed E-state index contributed by atoms with van der Waals surface area (Å²) in [6, 6.07) is 0. The maximum absolute atomic E-state index is 12.2. The number of piperazine rings is 1. The number of rotatable bonds is 5. The van der Waals surface area contributed by atoms with E-state index in [0.29, 0.717) is 10.7 Å². The molecule has 7 heteroatoms. The van der Waals surface area contributed by atoms with Gasteiger partial charge in [-0.05, 0) is 44.1 Å². The minimum atomic E-state index is -0.297. The van der Waals surface area contributed by atoms with Gasteiger partial charge in [-0.25, -0.2) is 4.79 Å². The topological polar surface area (TPSA) is 44.8 Å². The van der Waals surface area contributed by atoms with Crippen molar-refractivity contribution in [3.05, 3.63) is 16.0 Å². The molecule has 0 bridgehead atoms. The van der Waals surface area contributed by atoms with Crippen LogP contribution >= 0.6 is 23.6 Å². The Hall–Kier alpha value is -1.18. The number of ether oxygens (including phenoxy) is 1. The number of methoxy groups -OCH3 is 1. The molecule has 0 saturated carbocycles. The Balaban J connectivity index is 2.08. The quantitative estimate of drug-likeness (QED) is 0.635. The van der Waals surface area contributed by atoms with Gasteiger partial charge in [0, 0.05) is 31.1 Å². The van der Waals surface area contributed by atoms with Crippen LogP contribution in [0.25, 0.3) is 0 Å². The molecule has 0 amide bonds. The smallest absolute Gasteiger partial charge is 0.341 e. The first-order valence-corrected chi connectivity index (χ1v) is 9.73. The Morgan fingerprint density at radius 1 is 1.29 bits per heavy atom. The zero-order chi connectivity index (χ0) is 17.7. The normalized spacial score (nSPS) is 15.4. The van der Waals surface area contributed by atoms with Gasteiger partial charge in [0.25, 0.3) is 0 Å². The lowest BCUT2D eigenvalue weighted by molar-refractivity contribution is 0.0601. The van der Waals surface area contributed by atoms with Gasteiger partial charge in [-0.15, -0.1) is 11.3 Å². The fourth-order valence-electron chi connectivity index (χ4n) is 3.08. The number of nitrogens with one attached hydrogen (secondary N) is 1. The van der Waals surface area contributed by atoms with Crippen LogP contribution in [0.3, 0.4) is 0 Å². The van der Waals surface area contributed by atoms with Crippen molar-refractivity contribution >= 4 is 39.6 Å². The molecule has 0 unspecified atom stereocenters. The van der Waals surface area contributed by atoms with Crippen molar-refractivity contribution in [1.29, 1.82) is 0 Å². The van der Waals surface area contributed by atoms with Gasteiger partial charge in [0.15, 0.2) is 5.11 Å². The van der Waals surface area contributed by atoms with Crippen LogP contribution in [-0.2, 0) is 11.2 Å². The molecule has 5 nitrogen and oxygen atoms in total. The minimum absolute atomic E-state index is 0.297. The molecule has 1 N–H and O–H groups in total. The number of thiocarbonyl (C=S) groups is 1. The molecule has 1 saturated heterocycles. The van der Waals surface area contributed by atoms with Crippen molar-refractivity contribution in [3.8, 4) is 0 Å². The Labute approximate surface area is 154 Å². The highest BCUT2D eigenvalue weighted by atomic mass is 32.1. The third kappa shape index (κ3) is 4.26. The first kappa shape index (κ1) is 19.1. The SMILES string of the molecule is CCCN1CCN(C(=S)Nc2sc(C)c(CC)c2C(=O)OC)CC1. The summed E-state index contributed by atoms with van der Waals surface area (Å²) in [7, 11) is 1.42. The number of esters is 1. The van der Waals surface area contributed by atoms with Crippen LogP contribution in [0.15, 0.2) is 0 Å². The lowest BCUT2D eigenvalue weighted by atomic mass is 10.1. The number of nitrogens with zero attached hydrogens (tertiary/aromatic N) is 2. The van der Waals surface area contributed by atoms with Crippen molar-refractivity contribution in [2.75, 3.05) is 45.2 Å². The molecule has 0 atom stereocenters. The van der Waals surface area contributed by atoms with Crippen molar-refractivity contribution < 1.29 is 9.53 Å². The highest BCUT2D eigenvalue weighted by Crippen LogP contribution is 2.34. The summed E-state index contributed by atoms with van der Waals surface area (Å²) in [5.41, 5.74) is 1.68. The molecule has 2 rings (SSSR count). The van der Waals surface area contributed by atoms with E-state index in [2.05, 4.69) is 29.0 Å². The Morgan fingerprint density at radius 2 is 1.96 bits per heavy atom. The van der Waals surface area contributed by atoms with E-state index >= 15 is 0 Å². The molecular weight excluding hydrogens is 342 g/mol. The van der Waals surface area contributed by atoms with Crippen LogP contribution in [0.5, 0.6) is 0 Å². The van der Waals surface area contributed by atoms with Gasteiger partial charge in [0.1, 0.15) is 5.00 Å². The zero-order valence-electron chi connectivity index (χ0n) is 15.0. The lowest BCUT2D eigenvalue weighted by Gasteiger charge is -2.36. The largest absolute Gasteiger partial charge is 0.465 e. The van der Waals surface area contributed by atoms with E-state index < -0.39 is 0 Å². The predicted octanol–water partition coefficient (Wildman–Crippen LogP) is 3.13. The second-order valence-corrected chi connectivity index (χ2v) is 7.56. The van der Waals surface area contributed by atoms with Gasteiger partial charge in [-0.1, -0.05) is 13.8 Å². The predicted molar refractivity (Wildman–Crippen MR) is 104 cm³/mol. The van der Waals surface area contributed by atoms with Crippen LogP contribution in [0.4, 0.5) is 5.00 Å². The fourth-order valence-corrected chi connectivity index (χ4v) is 4.56. The Kier molecular flexibility index (Phi) is 7.01. The first-order valence-electron chi connectivity index (χ1n) is 8.50. The van der Waals surface area contributed by atoms with Crippen LogP contribution in [-0.4, -0.2) is 60.7 Å². The second-order valence-electron chi connectivity index (χ2n) is 5.94. The number of aryl methyl sites for hydroxylation is 1. The van der Waals surface area contributed by atoms with Crippen LogP contribution in [0, 0.1) is 6.92 Å². The fraction of sp³-hybridized carbons (Fsp3) is 0.647. The van der Waals surface area contributed by atoms with Crippen LogP contribution in [0.2, 0.25) is 0 Å². The number of carbonyl (C=O) groups excluding carboxylic acids is 1. The van der Waals surface area contributed by atoms with Crippen LogP contribution < -0.4 is 5.32 Å². The van der Waals surface area contributed by atoms with E-state index in [9.17, 15) is 4.79 Å². The van der Waals surface area contributed by atoms with Gasteiger partial charge in [0.05, 0.1) is 12.7 Å². The molecule has 24 heavy (non-hydrogen) atoms. The van der Waals surface area contributed by atoms with E-state index in [1.54, 1.807) is 11.3 Å². The summed E-state index contributed by atoms with van der Waals surface area (Å²) < 4.78 is 4.96. The number of hydrogen-bond donors (Lipinski definition) is 1. The van der Waals surface area contributed by atoms with Crippen molar-refractivity contribution in [3.63, 3.8) is 0 Å². The Bertz CT molecular complexity index is 593. The molecule has 0 spiro atoms. The average Bonchev–Trinajstić information content (AvgIpc) is 2.90. The molecule has 1 aromatic rings. The van der Waals surface area contributed by atoms with E-state index in [4.69, 9.17) is 17.0 Å². The number of thiophene rings is 1. The maximum Gasteiger partial charge on any atom is 0.341 e. The van der Waals surface area contributed by atoms with Gasteiger partial charge < -0.3 is 15.0 Å². The van der Waals surface area contributed by atoms with Gasteiger partial charge in [-0.2, -0.15) is 0 Å². The molecule has 0 radical (unpaired) electrons. The summed E-state index contributed by atoms with van der Waals surface area (Å²) in [6.45, 7) is 11.3. The van der Waals surface area contributed by atoms with E-state index in [1.165, 1.54) is 13.5 Å².